The summed E-state index contributed by atoms with van der Waals surface area (Å²) in [5.41, 5.74) is 2.11. The molecule has 0 aromatic carbocycles. The number of carbonyl (C=O) groups excluding carboxylic acids is 1. The van der Waals surface area contributed by atoms with Crippen LogP contribution in [0.2, 0.25) is 0 Å². The number of H-pyrrole nitrogens is 1. The summed E-state index contributed by atoms with van der Waals surface area (Å²) >= 11 is 0. The highest BCUT2D eigenvalue weighted by Gasteiger charge is 2.26. The van der Waals surface area contributed by atoms with Gasteiger partial charge in [0.15, 0.2) is 0 Å². The molecule has 2 N–H and O–H groups in total. The van der Waals surface area contributed by atoms with Crippen LogP contribution in [-0.2, 0) is 20.1 Å². The summed E-state index contributed by atoms with van der Waals surface area (Å²) in [7, 11) is 2.01. The van der Waals surface area contributed by atoms with Crippen molar-refractivity contribution in [2.75, 3.05) is 26.2 Å². The molecule has 2 aliphatic rings. The molecule has 8 heteroatoms. The van der Waals surface area contributed by atoms with Crippen LogP contribution < -0.4 is 5.32 Å². The second kappa shape index (κ2) is 6.87. The smallest absolute Gasteiger partial charge is 0.317 e. The number of aromatic nitrogens is 4. The van der Waals surface area contributed by atoms with Gasteiger partial charge in [-0.05, 0) is 18.9 Å². The molecule has 0 unspecified atom stereocenters. The highest BCUT2D eigenvalue weighted by atomic mass is 16.2. The summed E-state index contributed by atoms with van der Waals surface area (Å²) in [5, 5.41) is 10.3. The predicted molar refractivity (Wildman–Crippen MR) is 92.9 cm³/mol. The first-order chi connectivity index (χ1) is 12.2. The van der Waals surface area contributed by atoms with Gasteiger partial charge in [-0.3, -0.25) is 10.00 Å². The molecule has 1 aliphatic heterocycles. The number of nitrogens with one attached hydrogen (secondary N) is 2. The molecule has 134 valence electrons. The lowest BCUT2D eigenvalue weighted by molar-refractivity contribution is 0.132. The van der Waals surface area contributed by atoms with Crippen molar-refractivity contribution in [3.63, 3.8) is 0 Å². The van der Waals surface area contributed by atoms with E-state index in [4.69, 9.17) is 0 Å². The Morgan fingerprint density at radius 3 is 2.80 bits per heavy atom. The number of nitrogens with zero attached hydrogens (tertiary/aromatic N) is 5. The molecule has 0 bridgehead atoms. The monoisotopic (exact) mass is 343 g/mol. The Kier molecular flexibility index (Phi) is 4.44. The van der Waals surface area contributed by atoms with E-state index in [-0.39, 0.29) is 6.03 Å². The van der Waals surface area contributed by atoms with Crippen molar-refractivity contribution in [2.24, 2.45) is 7.05 Å². The fourth-order valence-corrected chi connectivity index (χ4v) is 3.20. The van der Waals surface area contributed by atoms with Gasteiger partial charge in [0.05, 0.1) is 24.5 Å². The number of piperazine rings is 1. The number of imidazole rings is 1. The Hall–Kier alpha value is -2.35. The van der Waals surface area contributed by atoms with Gasteiger partial charge >= 0.3 is 6.03 Å². The molecule has 2 amide bonds. The van der Waals surface area contributed by atoms with E-state index in [0.717, 1.165) is 49.9 Å². The number of carbonyl (C=O) groups is 1. The summed E-state index contributed by atoms with van der Waals surface area (Å²) in [6.45, 7) is 4.56. The largest absolute Gasteiger partial charge is 0.337 e. The fourth-order valence-electron chi connectivity index (χ4n) is 3.20. The van der Waals surface area contributed by atoms with Crippen LogP contribution in [0.1, 0.15) is 36.0 Å². The van der Waals surface area contributed by atoms with E-state index in [9.17, 15) is 4.79 Å². The first-order valence-corrected chi connectivity index (χ1v) is 8.94. The molecular formula is C17H25N7O. The van der Waals surface area contributed by atoms with Crippen LogP contribution in [0, 0.1) is 0 Å². The van der Waals surface area contributed by atoms with Gasteiger partial charge in [-0.25, -0.2) is 9.78 Å². The van der Waals surface area contributed by atoms with Crippen molar-refractivity contribution in [1.82, 2.24) is 34.9 Å². The molecule has 2 fully saturated rings. The van der Waals surface area contributed by atoms with Gasteiger partial charge in [-0.2, -0.15) is 5.10 Å². The molecule has 1 saturated heterocycles. The third-order valence-corrected chi connectivity index (χ3v) is 5.02. The van der Waals surface area contributed by atoms with Crippen molar-refractivity contribution in [3.8, 4) is 0 Å². The highest BCUT2D eigenvalue weighted by Crippen LogP contribution is 2.38. The summed E-state index contributed by atoms with van der Waals surface area (Å²) in [5.74, 6) is 1.69. The lowest BCUT2D eigenvalue weighted by atomic mass is 10.2. The van der Waals surface area contributed by atoms with Gasteiger partial charge < -0.3 is 14.8 Å². The van der Waals surface area contributed by atoms with Crippen molar-refractivity contribution in [1.29, 1.82) is 0 Å². The summed E-state index contributed by atoms with van der Waals surface area (Å²) in [6, 6.07) is 2.07. The van der Waals surface area contributed by atoms with Gasteiger partial charge in [-0.1, -0.05) is 0 Å². The zero-order valence-electron chi connectivity index (χ0n) is 14.6. The fraction of sp³-hybridized carbons (Fsp3) is 0.588. The number of urea groups is 1. The molecule has 1 aliphatic carbocycles. The summed E-state index contributed by atoms with van der Waals surface area (Å²) < 4.78 is 2.04. The Balaban J connectivity index is 1.21. The molecule has 2 aromatic heterocycles. The Morgan fingerprint density at radius 2 is 2.12 bits per heavy atom. The van der Waals surface area contributed by atoms with Crippen molar-refractivity contribution < 1.29 is 4.79 Å². The first-order valence-electron chi connectivity index (χ1n) is 8.94. The maximum Gasteiger partial charge on any atom is 0.317 e. The second-order valence-electron chi connectivity index (χ2n) is 6.97. The Bertz CT molecular complexity index is 725. The Morgan fingerprint density at radius 1 is 1.32 bits per heavy atom. The average Bonchev–Trinajstić information content (AvgIpc) is 3.24. The molecule has 2 aromatic rings. The maximum atomic E-state index is 12.3. The zero-order chi connectivity index (χ0) is 17.2. The molecule has 0 spiro atoms. The third kappa shape index (κ3) is 3.84. The number of hydrogen-bond donors (Lipinski definition) is 2. The van der Waals surface area contributed by atoms with Crippen molar-refractivity contribution in [3.05, 3.63) is 35.7 Å². The molecule has 0 atom stereocenters. The van der Waals surface area contributed by atoms with Gasteiger partial charge in [0.25, 0.3) is 0 Å². The van der Waals surface area contributed by atoms with Crippen LogP contribution in [0.25, 0.3) is 0 Å². The molecule has 25 heavy (non-hydrogen) atoms. The van der Waals surface area contributed by atoms with E-state index >= 15 is 0 Å². The predicted octanol–water partition coefficient (Wildman–Crippen LogP) is 1.05. The van der Waals surface area contributed by atoms with E-state index in [1.165, 1.54) is 12.8 Å². The molecule has 1 saturated carbocycles. The highest BCUT2D eigenvalue weighted by molar-refractivity contribution is 5.74. The number of aryl methyl sites for hydroxylation is 1. The second-order valence-corrected chi connectivity index (χ2v) is 6.97. The lowest BCUT2D eigenvalue weighted by Gasteiger charge is -2.34. The normalized spacial score (nSPS) is 18.5. The third-order valence-electron chi connectivity index (χ3n) is 5.02. The van der Waals surface area contributed by atoms with Gasteiger partial charge in [-0.15, -0.1) is 0 Å². The molecule has 8 nitrogen and oxygen atoms in total. The number of hydrogen-bond acceptors (Lipinski definition) is 4. The minimum absolute atomic E-state index is 0.000728. The number of aromatic amines is 1. The summed E-state index contributed by atoms with van der Waals surface area (Å²) in [4.78, 5) is 20.9. The summed E-state index contributed by atoms with van der Waals surface area (Å²) in [6.07, 6.45) is 6.25. The SMILES string of the molecule is Cn1ccnc1CN1CCN(C(=O)NCc2cc(C3CC3)n[nH]2)CC1. The molecule has 0 radical (unpaired) electrons. The van der Waals surface area contributed by atoms with E-state index < -0.39 is 0 Å². The maximum absolute atomic E-state index is 12.3. The van der Waals surface area contributed by atoms with Gasteiger partial charge in [0.2, 0.25) is 0 Å². The van der Waals surface area contributed by atoms with Crippen LogP contribution in [0.5, 0.6) is 0 Å². The molecule has 3 heterocycles. The van der Waals surface area contributed by atoms with Gasteiger partial charge in [0, 0.05) is 51.5 Å². The quantitative estimate of drug-likeness (QED) is 0.850. The van der Waals surface area contributed by atoms with Crippen LogP contribution in [-0.4, -0.2) is 61.8 Å². The Labute approximate surface area is 147 Å². The van der Waals surface area contributed by atoms with E-state index in [1.807, 2.05) is 28.9 Å². The topological polar surface area (TPSA) is 82.1 Å². The van der Waals surface area contributed by atoms with Crippen LogP contribution in [0.3, 0.4) is 0 Å². The average molecular weight is 343 g/mol. The van der Waals surface area contributed by atoms with E-state index in [2.05, 4.69) is 31.5 Å². The van der Waals surface area contributed by atoms with Crippen molar-refractivity contribution in [2.45, 2.75) is 31.8 Å². The van der Waals surface area contributed by atoms with Crippen LogP contribution >= 0.6 is 0 Å². The van der Waals surface area contributed by atoms with Crippen LogP contribution in [0.15, 0.2) is 18.5 Å². The van der Waals surface area contributed by atoms with E-state index in [1.54, 1.807) is 0 Å². The number of amides is 2. The first kappa shape index (κ1) is 16.1. The number of rotatable bonds is 5. The molecule has 4 rings (SSSR count). The lowest BCUT2D eigenvalue weighted by Crippen LogP contribution is -2.51. The minimum Gasteiger partial charge on any atom is -0.337 e. The van der Waals surface area contributed by atoms with E-state index in [0.29, 0.717) is 12.5 Å². The standard InChI is InChI=1S/C17H25N7O/c1-22-5-4-18-16(22)12-23-6-8-24(9-7-23)17(25)19-11-14-10-15(21-20-14)13-2-3-13/h4-5,10,13H,2-3,6-9,11-12H2,1H3,(H,19,25)(H,20,21). The molecular weight excluding hydrogens is 318 g/mol. The van der Waals surface area contributed by atoms with Gasteiger partial charge in [0.1, 0.15) is 5.82 Å². The van der Waals surface area contributed by atoms with Crippen LogP contribution in [0.4, 0.5) is 4.79 Å². The zero-order valence-corrected chi connectivity index (χ0v) is 14.6. The van der Waals surface area contributed by atoms with Crippen molar-refractivity contribution >= 4 is 6.03 Å². The minimum atomic E-state index is -0.000728.